The second-order valence-electron chi connectivity index (χ2n) is 2.42. The average molecular weight is 407 g/mol. The SMILES string of the molecule is NC(Cn1cnc(I)c1I)C(=O)O. The van der Waals surface area contributed by atoms with Crippen molar-refractivity contribution >= 4 is 51.2 Å². The topological polar surface area (TPSA) is 81.1 Å². The Balaban J connectivity index is 2.74. The van der Waals surface area contributed by atoms with E-state index in [2.05, 4.69) is 50.2 Å². The third-order valence-corrected chi connectivity index (χ3v) is 4.40. The van der Waals surface area contributed by atoms with Gasteiger partial charge in [-0.15, -0.1) is 0 Å². The van der Waals surface area contributed by atoms with Crippen molar-refractivity contribution in [2.75, 3.05) is 0 Å². The van der Waals surface area contributed by atoms with Crippen molar-refractivity contribution in [2.24, 2.45) is 5.73 Å². The highest BCUT2D eigenvalue weighted by Crippen LogP contribution is 2.12. The number of imidazole rings is 1. The Hall–Kier alpha value is 0.1000. The molecule has 0 spiro atoms. The standard InChI is InChI=1S/C6H7I2N3O2/c7-4-5(8)11(2-10-4)1-3(9)6(12)13/h2-3H,1,9H2,(H,12,13). The molecule has 0 aliphatic heterocycles. The first-order chi connectivity index (χ1) is 6.02. The highest BCUT2D eigenvalue weighted by Gasteiger charge is 2.14. The Bertz CT molecular complexity index is 326. The molecule has 0 fully saturated rings. The van der Waals surface area contributed by atoms with Gasteiger partial charge in [0.2, 0.25) is 0 Å². The van der Waals surface area contributed by atoms with Crippen LogP contribution in [0.25, 0.3) is 0 Å². The van der Waals surface area contributed by atoms with E-state index >= 15 is 0 Å². The summed E-state index contributed by atoms with van der Waals surface area (Å²) in [5, 5.41) is 8.58. The molecule has 13 heavy (non-hydrogen) atoms. The molecule has 1 aromatic heterocycles. The molecule has 7 heteroatoms. The van der Waals surface area contributed by atoms with Gasteiger partial charge in [0.1, 0.15) is 13.4 Å². The molecule has 3 N–H and O–H groups in total. The van der Waals surface area contributed by atoms with E-state index in [1.165, 1.54) is 0 Å². The number of halogens is 2. The third kappa shape index (κ3) is 2.77. The predicted octanol–water partition coefficient (Wildman–Crippen LogP) is 0.504. The lowest BCUT2D eigenvalue weighted by molar-refractivity contribution is -0.138. The summed E-state index contributed by atoms with van der Waals surface area (Å²) < 4.78 is 3.49. The lowest BCUT2D eigenvalue weighted by Gasteiger charge is -2.07. The smallest absolute Gasteiger partial charge is 0.322 e. The number of aliphatic carboxylic acids is 1. The van der Waals surface area contributed by atoms with E-state index in [1.54, 1.807) is 10.9 Å². The van der Waals surface area contributed by atoms with Crippen molar-refractivity contribution in [3.05, 3.63) is 13.7 Å². The van der Waals surface area contributed by atoms with Crippen LogP contribution in [-0.2, 0) is 11.3 Å². The molecule has 0 saturated carbocycles. The first kappa shape index (κ1) is 11.2. The number of hydrogen-bond acceptors (Lipinski definition) is 3. The van der Waals surface area contributed by atoms with Gasteiger partial charge >= 0.3 is 5.97 Å². The van der Waals surface area contributed by atoms with Crippen molar-refractivity contribution in [1.82, 2.24) is 9.55 Å². The maximum atomic E-state index is 10.5. The highest BCUT2D eigenvalue weighted by molar-refractivity contribution is 14.1. The van der Waals surface area contributed by atoms with Gasteiger partial charge in [-0.2, -0.15) is 0 Å². The van der Waals surface area contributed by atoms with Gasteiger partial charge in [-0.05, 0) is 45.2 Å². The molecule has 1 rings (SSSR count). The van der Waals surface area contributed by atoms with E-state index in [0.717, 1.165) is 7.40 Å². The molecule has 5 nitrogen and oxygen atoms in total. The summed E-state index contributed by atoms with van der Waals surface area (Å²) in [5.41, 5.74) is 5.37. The van der Waals surface area contributed by atoms with Crippen LogP contribution in [-0.4, -0.2) is 26.7 Å². The van der Waals surface area contributed by atoms with Gasteiger partial charge < -0.3 is 15.4 Å². The van der Waals surface area contributed by atoms with E-state index < -0.39 is 12.0 Å². The van der Waals surface area contributed by atoms with Crippen LogP contribution >= 0.6 is 45.2 Å². The fraction of sp³-hybridized carbons (Fsp3) is 0.333. The van der Waals surface area contributed by atoms with Gasteiger partial charge in [0, 0.05) is 0 Å². The summed E-state index contributed by atoms with van der Waals surface area (Å²) in [6.07, 6.45) is 1.59. The molecule has 0 bridgehead atoms. The molecular weight excluding hydrogens is 400 g/mol. The fourth-order valence-corrected chi connectivity index (χ4v) is 1.66. The van der Waals surface area contributed by atoms with Crippen LogP contribution in [0.15, 0.2) is 6.33 Å². The van der Waals surface area contributed by atoms with Crippen molar-refractivity contribution in [3.63, 3.8) is 0 Å². The zero-order valence-electron chi connectivity index (χ0n) is 6.44. The van der Waals surface area contributed by atoms with Gasteiger partial charge in [0.15, 0.2) is 0 Å². The number of rotatable bonds is 3. The van der Waals surface area contributed by atoms with Crippen molar-refractivity contribution < 1.29 is 9.90 Å². The van der Waals surface area contributed by atoms with E-state index in [4.69, 9.17) is 10.8 Å². The molecule has 0 aromatic carbocycles. The second-order valence-corrected chi connectivity index (χ2v) is 4.47. The average Bonchev–Trinajstić information content (AvgIpc) is 2.36. The van der Waals surface area contributed by atoms with E-state index in [-0.39, 0.29) is 6.54 Å². The second kappa shape index (κ2) is 4.55. The summed E-state index contributed by atoms with van der Waals surface area (Å²) in [6.45, 7) is 0.254. The molecule has 1 unspecified atom stereocenters. The summed E-state index contributed by atoms with van der Waals surface area (Å²) in [4.78, 5) is 14.5. The van der Waals surface area contributed by atoms with Crippen LogP contribution in [0.4, 0.5) is 0 Å². The molecule has 1 heterocycles. The molecule has 0 radical (unpaired) electrons. The van der Waals surface area contributed by atoms with Crippen LogP contribution < -0.4 is 5.73 Å². The quantitative estimate of drug-likeness (QED) is 0.716. The summed E-state index contributed by atoms with van der Waals surface area (Å²) in [5.74, 6) is -1.00. The highest BCUT2D eigenvalue weighted by atomic mass is 127. The minimum atomic E-state index is -1.00. The van der Waals surface area contributed by atoms with Gasteiger partial charge in [-0.1, -0.05) is 0 Å². The monoisotopic (exact) mass is 407 g/mol. The van der Waals surface area contributed by atoms with Gasteiger partial charge in [-0.3, -0.25) is 4.79 Å². The Morgan fingerprint density at radius 3 is 2.77 bits per heavy atom. The molecule has 0 amide bonds. The number of carboxylic acid groups (broad SMARTS) is 1. The number of nitrogens with two attached hydrogens (primary N) is 1. The summed E-state index contributed by atoms with van der Waals surface area (Å²) in [6, 6.07) is -0.876. The fourth-order valence-electron chi connectivity index (χ4n) is 0.760. The Morgan fingerprint density at radius 2 is 2.38 bits per heavy atom. The van der Waals surface area contributed by atoms with Gasteiger partial charge in [0.25, 0.3) is 0 Å². The zero-order chi connectivity index (χ0) is 10.0. The Labute approximate surface area is 102 Å². The van der Waals surface area contributed by atoms with E-state index in [1.807, 2.05) is 0 Å². The zero-order valence-corrected chi connectivity index (χ0v) is 10.8. The maximum Gasteiger partial charge on any atom is 0.322 e. The Morgan fingerprint density at radius 1 is 1.77 bits per heavy atom. The summed E-state index contributed by atoms with van der Waals surface area (Å²) in [7, 11) is 0. The molecule has 0 saturated heterocycles. The van der Waals surface area contributed by atoms with Crippen molar-refractivity contribution in [2.45, 2.75) is 12.6 Å². The first-order valence-corrected chi connectivity index (χ1v) is 5.52. The predicted molar refractivity (Wildman–Crippen MR) is 63.3 cm³/mol. The summed E-state index contributed by atoms with van der Waals surface area (Å²) >= 11 is 4.18. The van der Waals surface area contributed by atoms with Crippen molar-refractivity contribution in [1.29, 1.82) is 0 Å². The molecule has 1 atom stereocenters. The van der Waals surface area contributed by atoms with Crippen LogP contribution in [0.5, 0.6) is 0 Å². The Kier molecular flexibility index (Phi) is 3.91. The molecule has 1 aromatic rings. The lowest BCUT2D eigenvalue weighted by Crippen LogP contribution is -2.34. The first-order valence-electron chi connectivity index (χ1n) is 3.37. The number of carboxylic acids is 1. The van der Waals surface area contributed by atoms with E-state index in [9.17, 15) is 4.79 Å². The maximum absolute atomic E-state index is 10.5. The minimum Gasteiger partial charge on any atom is -0.480 e. The molecule has 72 valence electrons. The number of carbonyl (C=O) groups is 1. The lowest BCUT2D eigenvalue weighted by atomic mass is 10.3. The van der Waals surface area contributed by atoms with Crippen LogP contribution in [0.1, 0.15) is 0 Å². The largest absolute Gasteiger partial charge is 0.480 e. The number of hydrogen-bond donors (Lipinski definition) is 2. The van der Waals surface area contributed by atoms with Crippen LogP contribution in [0, 0.1) is 7.40 Å². The van der Waals surface area contributed by atoms with Gasteiger partial charge in [0.05, 0.1) is 12.9 Å². The minimum absolute atomic E-state index is 0.254. The molecule has 0 aliphatic carbocycles. The number of aromatic nitrogens is 2. The van der Waals surface area contributed by atoms with Gasteiger partial charge in [-0.25, -0.2) is 4.98 Å². The number of nitrogens with zero attached hydrogens (tertiary/aromatic N) is 2. The molecule has 0 aliphatic rings. The van der Waals surface area contributed by atoms with E-state index in [0.29, 0.717) is 0 Å². The third-order valence-electron chi connectivity index (χ3n) is 1.44. The van der Waals surface area contributed by atoms with Crippen LogP contribution in [0.2, 0.25) is 0 Å². The normalized spacial score (nSPS) is 12.8. The van der Waals surface area contributed by atoms with Crippen LogP contribution in [0.3, 0.4) is 0 Å². The molecular formula is C6H7I2N3O2. The van der Waals surface area contributed by atoms with Crippen molar-refractivity contribution in [3.8, 4) is 0 Å².